The maximum Gasteiger partial charge on any atom is 0.0861 e. The zero-order valence-electron chi connectivity index (χ0n) is 6.70. The average molecular weight is 142 g/mol. The molecule has 10 heavy (non-hydrogen) atoms. The molecule has 0 amide bonds. The minimum absolute atomic E-state index is 0.0509. The van der Waals surface area contributed by atoms with Gasteiger partial charge in [0.15, 0.2) is 0 Å². The van der Waals surface area contributed by atoms with Gasteiger partial charge in [0.1, 0.15) is 0 Å². The van der Waals surface area contributed by atoms with Gasteiger partial charge >= 0.3 is 0 Å². The molecule has 0 unspecified atom stereocenters. The average Bonchev–Trinajstić information content (AvgIpc) is 1.86. The third-order valence-corrected chi connectivity index (χ3v) is 1.22. The van der Waals surface area contributed by atoms with Crippen molar-refractivity contribution in [2.24, 2.45) is 11.0 Å². The van der Waals surface area contributed by atoms with Crippen LogP contribution in [0.15, 0.2) is 5.11 Å². The predicted octanol–water partition coefficient (Wildman–Crippen LogP) is 1.89. The van der Waals surface area contributed by atoms with Gasteiger partial charge in [-0.2, -0.15) is 0 Å². The molecular weight excluding hydrogens is 128 g/mol. The lowest BCUT2D eigenvalue weighted by Crippen LogP contribution is -2.23. The number of nitrogens with one attached hydrogen (secondary N) is 1. The van der Waals surface area contributed by atoms with Crippen molar-refractivity contribution in [1.29, 1.82) is 0 Å². The van der Waals surface area contributed by atoms with Crippen LogP contribution in [0.5, 0.6) is 0 Å². The largest absolute Gasteiger partial charge is 0.312 e. The lowest BCUT2D eigenvalue weighted by atomic mass is 10.1. The summed E-state index contributed by atoms with van der Waals surface area (Å²) in [6.07, 6.45) is 0.839. The molecule has 4 nitrogen and oxygen atoms in total. The SMILES string of the molecule is CN[C@H](CC(C)C)N=[N+]=[N-]. The second-order valence-electron chi connectivity index (χ2n) is 2.64. The van der Waals surface area contributed by atoms with Crippen LogP contribution in [0.3, 0.4) is 0 Å². The van der Waals surface area contributed by atoms with Crippen molar-refractivity contribution in [3.05, 3.63) is 10.4 Å². The van der Waals surface area contributed by atoms with E-state index < -0.39 is 0 Å². The first-order valence-corrected chi connectivity index (χ1v) is 3.42. The van der Waals surface area contributed by atoms with Gasteiger partial charge in [0.25, 0.3) is 0 Å². The van der Waals surface area contributed by atoms with Crippen LogP contribution in [0.25, 0.3) is 10.4 Å². The van der Waals surface area contributed by atoms with Crippen molar-refractivity contribution in [2.45, 2.75) is 26.4 Å². The second-order valence-corrected chi connectivity index (χ2v) is 2.64. The van der Waals surface area contributed by atoms with Crippen molar-refractivity contribution in [2.75, 3.05) is 7.05 Å². The Bertz CT molecular complexity index is 126. The first kappa shape index (κ1) is 9.27. The molecule has 1 atom stereocenters. The second kappa shape index (κ2) is 5.09. The molecule has 1 N–H and O–H groups in total. The van der Waals surface area contributed by atoms with Crippen molar-refractivity contribution in [3.8, 4) is 0 Å². The number of rotatable bonds is 4. The molecule has 0 saturated heterocycles. The summed E-state index contributed by atoms with van der Waals surface area (Å²) in [7, 11) is 1.79. The number of nitrogens with zero attached hydrogens (tertiary/aromatic N) is 3. The van der Waals surface area contributed by atoms with Crippen LogP contribution in [-0.2, 0) is 0 Å². The van der Waals surface area contributed by atoms with Crippen LogP contribution >= 0.6 is 0 Å². The van der Waals surface area contributed by atoms with E-state index in [2.05, 4.69) is 29.2 Å². The summed E-state index contributed by atoms with van der Waals surface area (Å²) in [6, 6.07) is 0. The Balaban J connectivity index is 3.71. The van der Waals surface area contributed by atoms with E-state index in [9.17, 15) is 0 Å². The smallest absolute Gasteiger partial charge is 0.0861 e. The van der Waals surface area contributed by atoms with E-state index in [0.717, 1.165) is 6.42 Å². The van der Waals surface area contributed by atoms with Crippen molar-refractivity contribution in [3.63, 3.8) is 0 Å². The minimum atomic E-state index is -0.0509. The lowest BCUT2D eigenvalue weighted by molar-refractivity contribution is 0.453. The summed E-state index contributed by atoms with van der Waals surface area (Å²) >= 11 is 0. The summed E-state index contributed by atoms with van der Waals surface area (Å²) in [4.78, 5) is 2.72. The fourth-order valence-corrected chi connectivity index (χ4v) is 0.732. The molecule has 0 aliphatic rings. The summed E-state index contributed by atoms with van der Waals surface area (Å²) in [5, 5.41) is 6.47. The van der Waals surface area contributed by atoms with Crippen LogP contribution in [0.2, 0.25) is 0 Å². The molecule has 0 saturated carbocycles. The lowest BCUT2D eigenvalue weighted by Gasteiger charge is -2.11. The molecule has 0 bridgehead atoms. The fraction of sp³-hybridized carbons (Fsp3) is 1.00. The maximum absolute atomic E-state index is 8.10. The standard InChI is InChI=1S/C6H14N4/c1-5(2)4-6(8-3)9-10-7/h5-6,8H,4H2,1-3H3/t6-/m0/s1. The Hall–Kier alpha value is -0.730. The van der Waals surface area contributed by atoms with E-state index >= 15 is 0 Å². The molecule has 0 rings (SSSR count). The highest BCUT2D eigenvalue weighted by Crippen LogP contribution is 2.04. The molecule has 0 aromatic carbocycles. The Morgan fingerprint density at radius 1 is 1.60 bits per heavy atom. The van der Waals surface area contributed by atoms with E-state index in [0.29, 0.717) is 5.92 Å². The third kappa shape index (κ3) is 4.18. The van der Waals surface area contributed by atoms with Gasteiger partial charge in [-0.25, -0.2) is 0 Å². The van der Waals surface area contributed by atoms with Crippen LogP contribution in [0.4, 0.5) is 0 Å². The van der Waals surface area contributed by atoms with E-state index in [1.165, 1.54) is 0 Å². The predicted molar refractivity (Wildman–Crippen MR) is 41.4 cm³/mol. The summed E-state index contributed by atoms with van der Waals surface area (Å²) in [6.45, 7) is 4.19. The van der Waals surface area contributed by atoms with Gasteiger partial charge in [0, 0.05) is 4.91 Å². The molecule has 0 aliphatic carbocycles. The normalized spacial score (nSPS) is 12.8. The molecule has 0 fully saturated rings. The van der Waals surface area contributed by atoms with Gasteiger partial charge in [0.05, 0.1) is 6.17 Å². The van der Waals surface area contributed by atoms with Gasteiger partial charge in [-0.15, -0.1) is 0 Å². The summed E-state index contributed by atoms with van der Waals surface area (Å²) in [5.74, 6) is 0.558. The third-order valence-electron chi connectivity index (χ3n) is 1.22. The molecule has 4 heteroatoms. The molecule has 0 spiro atoms. The van der Waals surface area contributed by atoms with Crippen LogP contribution < -0.4 is 5.32 Å². The topological polar surface area (TPSA) is 60.8 Å². The minimum Gasteiger partial charge on any atom is -0.312 e. The Morgan fingerprint density at radius 2 is 2.20 bits per heavy atom. The van der Waals surface area contributed by atoms with Gasteiger partial charge in [0.2, 0.25) is 0 Å². The highest BCUT2D eigenvalue weighted by atomic mass is 15.2. The van der Waals surface area contributed by atoms with Crippen LogP contribution in [-0.4, -0.2) is 13.2 Å². The first-order chi connectivity index (χ1) is 4.70. The number of hydrogen-bond donors (Lipinski definition) is 1. The maximum atomic E-state index is 8.10. The molecule has 0 aliphatic heterocycles. The Labute approximate surface area is 61.2 Å². The van der Waals surface area contributed by atoms with Gasteiger partial charge < -0.3 is 5.32 Å². The quantitative estimate of drug-likeness (QED) is 0.363. The van der Waals surface area contributed by atoms with E-state index in [-0.39, 0.29) is 6.17 Å². The Kier molecular flexibility index (Phi) is 4.72. The van der Waals surface area contributed by atoms with E-state index in [1.807, 2.05) is 0 Å². The molecular formula is C6H14N4. The highest BCUT2D eigenvalue weighted by Gasteiger charge is 2.03. The van der Waals surface area contributed by atoms with E-state index in [4.69, 9.17) is 5.53 Å². The first-order valence-electron chi connectivity index (χ1n) is 3.42. The summed E-state index contributed by atoms with van der Waals surface area (Å²) < 4.78 is 0. The van der Waals surface area contributed by atoms with Crippen molar-refractivity contribution < 1.29 is 0 Å². The molecule has 0 aromatic rings. The fourth-order valence-electron chi connectivity index (χ4n) is 0.732. The van der Waals surface area contributed by atoms with Crippen molar-refractivity contribution in [1.82, 2.24) is 5.32 Å². The number of hydrogen-bond acceptors (Lipinski definition) is 2. The molecule has 0 heterocycles. The highest BCUT2D eigenvalue weighted by molar-refractivity contribution is 4.63. The molecule has 58 valence electrons. The van der Waals surface area contributed by atoms with Crippen LogP contribution in [0, 0.1) is 5.92 Å². The monoisotopic (exact) mass is 142 g/mol. The van der Waals surface area contributed by atoms with Crippen LogP contribution in [0.1, 0.15) is 20.3 Å². The zero-order valence-corrected chi connectivity index (χ0v) is 6.70. The van der Waals surface area contributed by atoms with Crippen molar-refractivity contribution >= 4 is 0 Å². The number of azide groups is 1. The van der Waals surface area contributed by atoms with Gasteiger partial charge in [-0.05, 0) is 24.9 Å². The zero-order chi connectivity index (χ0) is 7.98. The van der Waals surface area contributed by atoms with E-state index in [1.54, 1.807) is 7.05 Å². The molecule has 0 aromatic heterocycles. The van der Waals surface area contributed by atoms with Gasteiger partial charge in [-0.1, -0.05) is 19.0 Å². The molecule has 0 radical (unpaired) electrons. The van der Waals surface area contributed by atoms with Gasteiger partial charge in [-0.3, -0.25) is 0 Å². The summed E-state index contributed by atoms with van der Waals surface area (Å²) in [5.41, 5.74) is 8.10. The Morgan fingerprint density at radius 3 is 2.50 bits per heavy atom.